The highest BCUT2D eigenvalue weighted by molar-refractivity contribution is 5.47. The Bertz CT molecular complexity index is 389. The summed E-state index contributed by atoms with van der Waals surface area (Å²) in [6.45, 7) is 2.34. The number of aromatic hydroxyl groups is 1. The molecule has 100 valence electrons. The zero-order chi connectivity index (χ0) is 13.0. The van der Waals surface area contributed by atoms with Crippen LogP contribution in [0.5, 0.6) is 11.5 Å². The summed E-state index contributed by atoms with van der Waals surface area (Å²) in [4.78, 5) is 0. The predicted octanol–water partition coefficient (Wildman–Crippen LogP) is 2.14. The monoisotopic (exact) mass is 251 g/mol. The summed E-state index contributed by atoms with van der Waals surface area (Å²) >= 11 is 0. The molecule has 1 aromatic carbocycles. The summed E-state index contributed by atoms with van der Waals surface area (Å²) in [6, 6.07) is 5.05. The fraction of sp³-hybridized carbons (Fsp3) is 0.571. The molecule has 0 bridgehead atoms. The average molecular weight is 251 g/mol. The molecule has 0 radical (unpaired) electrons. The van der Waals surface area contributed by atoms with Gasteiger partial charge in [0.1, 0.15) is 5.69 Å². The Kier molecular flexibility index (Phi) is 4.44. The lowest BCUT2D eigenvalue weighted by Gasteiger charge is -2.33. The van der Waals surface area contributed by atoms with Crippen LogP contribution in [0.3, 0.4) is 0 Å². The number of quaternary nitrogens is 1. The van der Waals surface area contributed by atoms with E-state index in [-0.39, 0.29) is 16.9 Å². The molecular formula is C14H21NO3. The van der Waals surface area contributed by atoms with E-state index in [1.54, 1.807) is 18.2 Å². The predicted molar refractivity (Wildman–Crippen MR) is 70.1 cm³/mol. The topological polar surface area (TPSA) is 57.0 Å². The number of hydrogen-bond acceptors (Lipinski definition) is 3. The molecule has 4 nitrogen and oxygen atoms in total. The summed E-state index contributed by atoms with van der Waals surface area (Å²) in [5, 5.41) is 22.1. The van der Waals surface area contributed by atoms with Crippen LogP contribution in [0.15, 0.2) is 18.2 Å². The van der Waals surface area contributed by atoms with Crippen molar-refractivity contribution < 1.29 is 14.9 Å². The summed E-state index contributed by atoms with van der Waals surface area (Å²) in [5.74, 6) is 0.496. The van der Waals surface area contributed by atoms with Gasteiger partial charge in [-0.3, -0.25) is 0 Å². The van der Waals surface area contributed by atoms with Crippen molar-refractivity contribution in [3.63, 3.8) is 0 Å². The van der Waals surface area contributed by atoms with Gasteiger partial charge in [-0.05, 0) is 25.8 Å². The van der Waals surface area contributed by atoms with Crippen LogP contribution in [-0.4, -0.2) is 17.8 Å². The minimum atomic E-state index is 0.0945. The van der Waals surface area contributed by atoms with E-state index >= 15 is 0 Å². The smallest absolute Gasteiger partial charge is 0.166 e. The molecular weight excluding hydrogens is 230 g/mol. The maximum absolute atomic E-state index is 12.3. The Morgan fingerprint density at radius 1 is 1.33 bits per heavy atom. The molecule has 1 aliphatic rings. The molecule has 2 rings (SSSR count). The first-order chi connectivity index (χ1) is 8.72. The van der Waals surface area contributed by atoms with Crippen LogP contribution in [0.4, 0.5) is 5.69 Å². The third-order valence-corrected chi connectivity index (χ3v) is 3.52. The molecule has 1 saturated carbocycles. The van der Waals surface area contributed by atoms with E-state index in [0.29, 0.717) is 18.0 Å². The van der Waals surface area contributed by atoms with Crippen molar-refractivity contribution in [3.8, 4) is 11.5 Å². The largest absolute Gasteiger partial charge is 0.629 e. The Labute approximate surface area is 108 Å². The quantitative estimate of drug-likeness (QED) is 0.636. The number of benzene rings is 1. The Morgan fingerprint density at radius 2 is 2.06 bits per heavy atom. The van der Waals surface area contributed by atoms with Gasteiger partial charge in [-0.15, -0.1) is 0 Å². The summed E-state index contributed by atoms with van der Waals surface area (Å²) < 4.78 is 5.31. The minimum absolute atomic E-state index is 0.0945. The van der Waals surface area contributed by atoms with E-state index in [1.165, 1.54) is 6.42 Å². The van der Waals surface area contributed by atoms with Gasteiger partial charge in [-0.25, -0.2) is 0 Å². The lowest BCUT2D eigenvalue weighted by molar-refractivity contribution is -0.809. The molecule has 18 heavy (non-hydrogen) atoms. The van der Waals surface area contributed by atoms with E-state index < -0.39 is 0 Å². The second-order valence-corrected chi connectivity index (χ2v) is 4.81. The first-order valence-corrected chi connectivity index (χ1v) is 6.72. The van der Waals surface area contributed by atoms with Crippen molar-refractivity contribution in [2.45, 2.75) is 45.1 Å². The van der Waals surface area contributed by atoms with Crippen molar-refractivity contribution in [1.82, 2.24) is 0 Å². The lowest BCUT2D eigenvalue weighted by atomic mass is 9.95. The highest BCUT2D eigenvalue weighted by Crippen LogP contribution is 2.28. The van der Waals surface area contributed by atoms with Gasteiger partial charge in [0.05, 0.1) is 12.6 Å². The SMILES string of the molecule is CCOc1cc([NH+]([O-])C2CCCCC2)ccc1O. The maximum Gasteiger partial charge on any atom is 0.166 e. The van der Waals surface area contributed by atoms with Crippen LogP contribution >= 0.6 is 0 Å². The second kappa shape index (κ2) is 6.07. The molecule has 0 spiro atoms. The summed E-state index contributed by atoms with van der Waals surface area (Å²) in [6.07, 6.45) is 5.51. The van der Waals surface area contributed by atoms with Gasteiger partial charge in [-0.1, -0.05) is 6.42 Å². The van der Waals surface area contributed by atoms with Crippen molar-refractivity contribution in [2.75, 3.05) is 6.61 Å². The molecule has 0 saturated heterocycles. The van der Waals surface area contributed by atoms with E-state index in [2.05, 4.69) is 0 Å². The van der Waals surface area contributed by atoms with Gasteiger partial charge in [-0.2, -0.15) is 0 Å². The van der Waals surface area contributed by atoms with Crippen LogP contribution in [0, 0.1) is 5.21 Å². The maximum atomic E-state index is 12.3. The molecule has 2 N–H and O–H groups in total. The number of ether oxygens (including phenoxy) is 1. The number of hydroxylamine groups is 1. The third kappa shape index (κ3) is 2.94. The normalized spacial score (nSPS) is 18.6. The molecule has 1 fully saturated rings. The zero-order valence-corrected chi connectivity index (χ0v) is 10.8. The number of rotatable bonds is 4. The van der Waals surface area contributed by atoms with Gasteiger partial charge < -0.3 is 20.1 Å². The van der Waals surface area contributed by atoms with E-state index in [4.69, 9.17) is 4.74 Å². The number of nitrogens with one attached hydrogen (secondary N) is 1. The zero-order valence-electron chi connectivity index (χ0n) is 10.8. The van der Waals surface area contributed by atoms with Crippen LogP contribution in [0.2, 0.25) is 0 Å². The number of phenolic OH excluding ortho intramolecular Hbond substituents is 1. The van der Waals surface area contributed by atoms with Gasteiger partial charge >= 0.3 is 0 Å². The summed E-state index contributed by atoms with van der Waals surface area (Å²) in [5.41, 5.74) is 0.656. The Balaban J connectivity index is 2.13. The first kappa shape index (κ1) is 13.2. The van der Waals surface area contributed by atoms with Crippen LogP contribution in [0.25, 0.3) is 0 Å². The van der Waals surface area contributed by atoms with Crippen LogP contribution in [0.1, 0.15) is 39.0 Å². The first-order valence-electron chi connectivity index (χ1n) is 6.72. The van der Waals surface area contributed by atoms with Gasteiger partial charge in [0, 0.05) is 25.0 Å². The molecule has 1 aliphatic carbocycles. The fourth-order valence-corrected chi connectivity index (χ4v) is 2.54. The van der Waals surface area contributed by atoms with E-state index in [9.17, 15) is 10.3 Å². The molecule has 1 atom stereocenters. The van der Waals surface area contributed by atoms with E-state index in [0.717, 1.165) is 25.7 Å². The fourth-order valence-electron chi connectivity index (χ4n) is 2.54. The minimum Gasteiger partial charge on any atom is -0.629 e. The lowest BCUT2D eigenvalue weighted by Crippen LogP contribution is -3.06. The highest BCUT2D eigenvalue weighted by atomic mass is 16.5. The molecule has 1 unspecified atom stereocenters. The summed E-state index contributed by atoms with van der Waals surface area (Å²) in [7, 11) is 0. The number of phenols is 1. The standard InChI is InChI=1S/C14H21NO3/c1-2-18-14-10-12(8-9-13(14)16)15(17)11-6-4-3-5-7-11/h8-11,15-16H,2-7H2,1H3. The van der Waals surface area contributed by atoms with Crippen LogP contribution < -0.4 is 9.80 Å². The molecule has 0 aliphatic heterocycles. The van der Waals surface area contributed by atoms with E-state index in [1.807, 2.05) is 6.92 Å². The molecule has 0 aromatic heterocycles. The highest BCUT2D eigenvalue weighted by Gasteiger charge is 2.21. The van der Waals surface area contributed by atoms with Gasteiger partial charge in [0.2, 0.25) is 0 Å². The second-order valence-electron chi connectivity index (χ2n) is 4.81. The van der Waals surface area contributed by atoms with Crippen molar-refractivity contribution in [2.24, 2.45) is 0 Å². The van der Waals surface area contributed by atoms with Gasteiger partial charge in [0.25, 0.3) is 0 Å². The molecule has 1 aromatic rings. The van der Waals surface area contributed by atoms with Gasteiger partial charge in [0.15, 0.2) is 11.5 Å². The Morgan fingerprint density at radius 3 is 2.72 bits per heavy atom. The number of hydrogen-bond donors (Lipinski definition) is 2. The molecule has 0 amide bonds. The van der Waals surface area contributed by atoms with Crippen molar-refractivity contribution in [3.05, 3.63) is 23.4 Å². The molecule has 0 heterocycles. The molecule has 4 heteroatoms. The Hall–Kier alpha value is -1.26. The van der Waals surface area contributed by atoms with Crippen LogP contribution in [-0.2, 0) is 0 Å². The average Bonchev–Trinajstić information content (AvgIpc) is 2.42. The third-order valence-electron chi connectivity index (χ3n) is 3.52. The van der Waals surface area contributed by atoms with Crippen molar-refractivity contribution in [1.29, 1.82) is 0 Å². The van der Waals surface area contributed by atoms with Crippen molar-refractivity contribution >= 4 is 5.69 Å².